The van der Waals surface area contributed by atoms with E-state index < -0.39 is 0 Å². The van der Waals surface area contributed by atoms with Crippen molar-refractivity contribution in [3.63, 3.8) is 0 Å². The normalized spacial score (nSPS) is 20.0. The SMILES string of the molecule is Cc1ccc2c(c1)NCCC2CCO. The van der Waals surface area contributed by atoms with Crippen molar-refractivity contribution >= 4 is 5.69 Å². The van der Waals surface area contributed by atoms with Gasteiger partial charge in [0, 0.05) is 18.8 Å². The van der Waals surface area contributed by atoms with Crippen LogP contribution < -0.4 is 5.32 Å². The van der Waals surface area contributed by atoms with Crippen LogP contribution >= 0.6 is 0 Å². The Morgan fingerprint density at radius 1 is 1.50 bits per heavy atom. The van der Waals surface area contributed by atoms with Crippen molar-refractivity contribution in [2.45, 2.75) is 25.7 Å². The molecule has 0 spiro atoms. The molecule has 0 saturated carbocycles. The van der Waals surface area contributed by atoms with Crippen LogP contribution in [0.5, 0.6) is 0 Å². The number of nitrogens with one attached hydrogen (secondary N) is 1. The van der Waals surface area contributed by atoms with Crippen molar-refractivity contribution < 1.29 is 5.11 Å². The largest absolute Gasteiger partial charge is 0.396 e. The van der Waals surface area contributed by atoms with Gasteiger partial charge in [-0.05, 0) is 42.9 Å². The summed E-state index contributed by atoms with van der Waals surface area (Å²) < 4.78 is 0. The molecule has 2 rings (SSSR count). The first-order chi connectivity index (χ1) is 6.81. The summed E-state index contributed by atoms with van der Waals surface area (Å²) in [6.07, 6.45) is 2.02. The van der Waals surface area contributed by atoms with E-state index in [1.807, 2.05) is 0 Å². The van der Waals surface area contributed by atoms with E-state index in [4.69, 9.17) is 5.11 Å². The van der Waals surface area contributed by atoms with Crippen LogP contribution in [0.15, 0.2) is 18.2 Å². The smallest absolute Gasteiger partial charge is 0.0436 e. The average molecular weight is 191 g/mol. The van der Waals surface area contributed by atoms with Crippen molar-refractivity contribution in [1.82, 2.24) is 0 Å². The number of aryl methyl sites for hydroxylation is 1. The maximum absolute atomic E-state index is 8.98. The molecule has 2 heteroatoms. The number of aliphatic hydroxyl groups is 1. The summed E-state index contributed by atoms with van der Waals surface area (Å²) in [6, 6.07) is 6.53. The third kappa shape index (κ3) is 1.75. The lowest BCUT2D eigenvalue weighted by molar-refractivity contribution is 0.273. The van der Waals surface area contributed by atoms with Gasteiger partial charge < -0.3 is 10.4 Å². The van der Waals surface area contributed by atoms with Gasteiger partial charge in [-0.15, -0.1) is 0 Å². The third-order valence-electron chi connectivity index (χ3n) is 2.93. The van der Waals surface area contributed by atoms with Gasteiger partial charge in [-0.1, -0.05) is 12.1 Å². The van der Waals surface area contributed by atoms with Gasteiger partial charge in [0.2, 0.25) is 0 Å². The molecule has 0 saturated heterocycles. The number of anilines is 1. The summed E-state index contributed by atoms with van der Waals surface area (Å²) >= 11 is 0. The van der Waals surface area contributed by atoms with E-state index in [0.29, 0.717) is 5.92 Å². The van der Waals surface area contributed by atoms with Crippen LogP contribution in [0, 0.1) is 6.92 Å². The predicted molar refractivity (Wildman–Crippen MR) is 58.7 cm³/mol. The Kier molecular flexibility index (Phi) is 2.73. The van der Waals surface area contributed by atoms with Crippen molar-refractivity contribution in [3.8, 4) is 0 Å². The molecule has 0 radical (unpaired) electrons. The van der Waals surface area contributed by atoms with Crippen LogP contribution in [0.4, 0.5) is 5.69 Å². The summed E-state index contributed by atoms with van der Waals surface area (Å²) in [6.45, 7) is 3.43. The van der Waals surface area contributed by atoms with E-state index in [1.165, 1.54) is 16.8 Å². The van der Waals surface area contributed by atoms with Gasteiger partial charge in [0.25, 0.3) is 0 Å². The van der Waals surface area contributed by atoms with Crippen LogP contribution in [-0.2, 0) is 0 Å². The molecule has 1 aromatic rings. The van der Waals surface area contributed by atoms with E-state index in [0.717, 1.165) is 19.4 Å². The minimum absolute atomic E-state index is 0.290. The van der Waals surface area contributed by atoms with Gasteiger partial charge in [-0.3, -0.25) is 0 Å². The van der Waals surface area contributed by atoms with Crippen LogP contribution in [-0.4, -0.2) is 18.3 Å². The highest BCUT2D eigenvalue weighted by molar-refractivity contribution is 5.56. The number of rotatable bonds is 2. The zero-order valence-electron chi connectivity index (χ0n) is 8.59. The van der Waals surface area contributed by atoms with Crippen LogP contribution in [0.1, 0.15) is 29.9 Å². The van der Waals surface area contributed by atoms with Gasteiger partial charge >= 0.3 is 0 Å². The molecule has 1 unspecified atom stereocenters. The summed E-state index contributed by atoms with van der Waals surface area (Å²) in [5.74, 6) is 0.539. The van der Waals surface area contributed by atoms with E-state index in [2.05, 4.69) is 30.4 Å². The molecular formula is C12H17NO. The first-order valence-electron chi connectivity index (χ1n) is 5.26. The fourth-order valence-corrected chi connectivity index (χ4v) is 2.17. The summed E-state index contributed by atoms with van der Waals surface area (Å²) in [5, 5.41) is 12.4. The molecule has 1 aliphatic heterocycles. The minimum Gasteiger partial charge on any atom is -0.396 e. The molecule has 0 aliphatic carbocycles. The highest BCUT2D eigenvalue weighted by Crippen LogP contribution is 2.33. The zero-order valence-corrected chi connectivity index (χ0v) is 8.59. The second-order valence-electron chi connectivity index (χ2n) is 4.02. The maximum Gasteiger partial charge on any atom is 0.0436 e. The Labute approximate surface area is 85.0 Å². The number of fused-ring (bicyclic) bond motifs is 1. The molecule has 2 N–H and O–H groups in total. The first-order valence-corrected chi connectivity index (χ1v) is 5.26. The number of benzene rings is 1. The molecule has 1 heterocycles. The minimum atomic E-state index is 0.290. The third-order valence-corrected chi connectivity index (χ3v) is 2.93. The van der Waals surface area contributed by atoms with Crippen molar-refractivity contribution in [1.29, 1.82) is 0 Å². The van der Waals surface area contributed by atoms with E-state index >= 15 is 0 Å². The fraction of sp³-hybridized carbons (Fsp3) is 0.500. The Hall–Kier alpha value is -1.02. The van der Waals surface area contributed by atoms with Crippen LogP contribution in [0.25, 0.3) is 0 Å². The standard InChI is InChI=1S/C12H17NO/c1-9-2-3-11-10(5-7-14)4-6-13-12(11)8-9/h2-3,8,10,13-14H,4-7H2,1H3. The lowest BCUT2D eigenvalue weighted by atomic mass is 9.88. The molecule has 1 aliphatic rings. The molecule has 0 bridgehead atoms. The molecule has 0 amide bonds. The van der Waals surface area contributed by atoms with Gasteiger partial charge in [0.05, 0.1) is 0 Å². The monoisotopic (exact) mass is 191 g/mol. The molecular weight excluding hydrogens is 174 g/mol. The molecule has 2 nitrogen and oxygen atoms in total. The topological polar surface area (TPSA) is 32.3 Å². The van der Waals surface area contributed by atoms with Crippen molar-refractivity contribution in [2.24, 2.45) is 0 Å². The van der Waals surface area contributed by atoms with Gasteiger partial charge in [-0.2, -0.15) is 0 Å². The first kappa shape index (κ1) is 9.53. The van der Waals surface area contributed by atoms with Crippen molar-refractivity contribution in [2.75, 3.05) is 18.5 Å². The van der Waals surface area contributed by atoms with Gasteiger partial charge in [0.1, 0.15) is 0 Å². The fourth-order valence-electron chi connectivity index (χ4n) is 2.17. The Bertz CT molecular complexity index is 322. The molecule has 14 heavy (non-hydrogen) atoms. The van der Waals surface area contributed by atoms with E-state index in [1.54, 1.807) is 0 Å². The second kappa shape index (κ2) is 4.01. The van der Waals surface area contributed by atoms with E-state index in [9.17, 15) is 0 Å². The molecule has 76 valence electrons. The van der Waals surface area contributed by atoms with Crippen LogP contribution in [0.3, 0.4) is 0 Å². The zero-order chi connectivity index (χ0) is 9.97. The molecule has 0 fully saturated rings. The second-order valence-corrected chi connectivity index (χ2v) is 4.02. The highest BCUT2D eigenvalue weighted by Gasteiger charge is 2.18. The molecule has 1 aromatic carbocycles. The van der Waals surface area contributed by atoms with Crippen LogP contribution in [0.2, 0.25) is 0 Å². The molecule has 0 aromatic heterocycles. The average Bonchev–Trinajstić information content (AvgIpc) is 2.18. The van der Waals surface area contributed by atoms with Gasteiger partial charge in [-0.25, -0.2) is 0 Å². The summed E-state index contributed by atoms with van der Waals surface area (Å²) in [5.41, 5.74) is 3.92. The number of hydrogen-bond donors (Lipinski definition) is 2. The Morgan fingerprint density at radius 3 is 3.14 bits per heavy atom. The maximum atomic E-state index is 8.98. The van der Waals surface area contributed by atoms with Crippen molar-refractivity contribution in [3.05, 3.63) is 29.3 Å². The highest BCUT2D eigenvalue weighted by atomic mass is 16.3. The number of hydrogen-bond acceptors (Lipinski definition) is 2. The Morgan fingerprint density at radius 2 is 2.36 bits per heavy atom. The summed E-state index contributed by atoms with van der Waals surface area (Å²) in [4.78, 5) is 0. The molecule has 1 atom stereocenters. The van der Waals surface area contributed by atoms with Gasteiger partial charge in [0.15, 0.2) is 0 Å². The summed E-state index contributed by atoms with van der Waals surface area (Å²) in [7, 11) is 0. The lowest BCUT2D eigenvalue weighted by Gasteiger charge is -2.26. The quantitative estimate of drug-likeness (QED) is 0.751. The number of aliphatic hydroxyl groups excluding tert-OH is 1. The predicted octanol–water partition coefficient (Wildman–Crippen LogP) is 2.28. The van der Waals surface area contributed by atoms with E-state index in [-0.39, 0.29) is 6.61 Å². The lowest BCUT2D eigenvalue weighted by Crippen LogP contribution is -2.17. The Balaban J connectivity index is 2.30.